The SMILES string of the molecule is Nc1cc(S(=O)(=O)c2ccc([N+](=O)[O-])cc2)c([N+](=O)[O-])c2cccnc12. The largest absolute Gasteiger partial charge is 0.397 e. The number of nitrogen functional groups attached to an aromatic ring is 1. The lowest BCUT2D eigenvalue weighted by atomic mass is 10.1. The fourth-order valence-electron chi connectivity index (χ4n) is 2.50. The Labute approximate surface area is 146 Å². The first kappa shape index (κ1) is 17.2. The second-order valence-corrected chi connectivity index (χ2v) is 7.14. The molecule has 0 bridgehead atoms. The van der Waals surface area contributed by atoms with Crippen LogP contribution in [0.5, 0.6) is 0 Å². The maximum absolute atomic E-state index is 12.9. The average molecular weight is 374 g/mol. The highest BCUT2D eigenvalue weighted by Crippen LogP contribution is 2.38. The number of hydrogen-bond donors (Lipinski definition) is 1. The molecule has 0 fully saturated rings. The van der Waals surface area contributed by atoms with Crippen molar-refractivity contribution in [2.45, 2.75) is 9.79 Å². The summed E-state index contributed by atoms with van der Waals surface area (Å²) in [6, 6.07) is 7.80. The van der Waals surface area contributed by atoms with E-state index in [1.54, 1.807) is 0 Å². The van der Waals surface area contributed by atoms with Crippen molar-refractivity contribution in [1.29, 1.82) is 0 Å². The summed E-state index contributed by atoms with van der Waals surface area (Å²) in [6.07, 6.45) is 1.38. The first-order valence-corrected chi connectivity index (χ1v) is 8.53. The van der Waals surface area contributed by atoms with Gasteiger partial charge in [-0.2, -0.15) is 0 Å². The average Bonchev–Trinajstić information content (AvgIpc) is 2.61. The van der Waals surface area contributed by atoms with Crippen molar-refractivity contribution in [3.63, 3.8) is 0 Å². The van der Waals surface area contributed by atoms with Gasteiger partial charge in [-0.05, 0) is 30.3 Å². The van der Waals surface area contributed by atoms with Gasteiger partial charge in [0, 0.05) is 18.3 Å². The monoisotopic (exact) mass is 374 g/mol. The minimum absolute atomic E-state index is 0.0158. The van der Waals surface area contributed by atoms with Crippen molar-refractivity contribution < 1.29 is 18.3 Å². The van der Waals surface area contributed by atoms with E-state index in [1.165, 1.54) is 18.3 Å². The first-order valence-electron chi connectivity index (χ1n) is 7.04. The fourth-order valence-corrected chi connectivity index (χ4v) is 3.97. The Morgan fingerprint density at radius 1 is 1.00 bits per heavy atom. The number of non-ortho nitro benzene ring substituents is 1. The molecule has 11 heteroatoms. The Morgan fingerprint density at radius 3 is 2.23 bits per heavy atom. The molecule has 1 heterocycles. The third kappa shape index (κ3) is 2.69. The van der Waals surface area contributed by atoms with Gasteiger partial charge in [-0.15, -0.1) is 0 Å². The van der Waals surface area contributed by atoms with Gasteiger partial charge in [0.05, 0.1) is 25.8 Å². The van der Waals surface area contributed by atoms with E-state index in [9.17, 15) is 28.6 Å². The van der Waals surface area contributed by atoms with Crippen LogP contribution in [0.1, 0.15) is 0 Å². The second kappa shape index (κ2) is 6.04. The lowest BCUT2D eigenvalue weighted by Gasteiger charge is -2.09. The number of benzene rings is 2. The molecule has 0 spiro atoms. The van der Waals surface area contributed by atoms with Crippen LogP contribution in [-0.2, 0) is 9.84 Å². The summed E-state index contributed by atoms with van der Waals surface area (Å²) < 4.78 is 25.8. The first-order chi connectivity index (χ1) is 12.2. The van der Waals surface area contributed by atoms with Crippen LogP contribution in [0.25, 0.3) is 10.9 Å². The van der Waals surface area contributed by atoms with Crippen molar-refractivity contribution in [2.24, 2.45) is 0 Å². The van der Waals surface area contributed by atoms with E-state index in [1.807, 2.05) is 0 Å². The highest BCUT2D eigenvalue weighted by atomic mass is 32.2. The van der Waals surface area contributed by atoms with Crippen LogP contribution in [0.15, 0.2) is 58.5 Å². The molecule has 3 aromatic rings. The van der Waals surface area contributed by atoms with E-state index >= 15 is 0 Å². The molecular weight excluding hydrogens is 364 g/mol. The minimum atomic E-state index is -4.34. The number of nitro groups is 2. The Morgan fingerprint density at radius 2 is 1.65 bits per heavy atom. The number of fused-ring (bicyclic) bond motifs is 1. The van der Waals surface area contributed by atoms with Gasteiger partial charge in [0.1, 0.15) is 5.52 Å². The van der Waals surface area contributed by atoms with E-state index < -0.39 is 30.3 Å². The molecule has 26 heavy (non-hydrogen) atoms. The van der Waals surface area contributed by atoms with Crippen LogP contribution in [0, 0.1) is 20.2 Å². The van der Waals surface area contributed by atoms with Gasteiger partial charge in [-0.1, -0.05) is 0 Å². The molecule has 0 radical (unpaired) electrons. The fraction of sp³-hybridized carbons (Fsp3) is 0. The van der Waals surface area contributed by atoms with Crippen molar-refractivity contribution in [1.82, 2.24) is 4.98 Å². The van der Waals surface area contributed by atoms with Gasteiger partial charge in [-0.3, -0.25) is 25.2 Å². The smallest absolute Gasteiger partial charge is 0.297 e. The molecule has 0 atom stereocenters. The number of aromatic nitrogens is 1. The molecule has 0 unspecified atom stereocenters. The predicted octanol–water partition coefficient (Wildman–Crippen LogP) is 2.47. The molecule has 0 amide bonds. The number of rotatable bonds is 4. The summed E-state index contributed by atoms with van der Waals surface area (Å²) in [5.74, 6) is 0. The molecule has 10 nitrogen and oxygen atoms in total. The van der Waals surface area contributed by atoms with Crippen molar-refractivity contribution in [2.75, 3.05) is 5.73 Å². The van der Waals surface area contributed by atoms with Crippen molar-refractivity contribution in [3.8, 4) is 0 Å². The van der Waals surface area contributed by atoms with Crippen LogP contribution in [0.2, 0.25) is 0 Å². The molecule has 2 aromatic carbocycles. The Balaban J connectivity index is 2.31. The molecule has 2 N–H and O–H groups in total. The lowest BCUT2D eigenvalue weighted by Crippen LogP contribution is -2.08. The summed E-state index contributed by atoms with van der Waals surface area (Å²) in [5, 5.41) is 22.2. The predicted molar refractivity (Wildman–Crippen MR) is 91.4 cm³/mol. The number of anilines is 1. The molecule has 0 saturated heterocycles. The van der Waals surface area contributed by atoms with Crippen molar-refractivity contribution in [3.05, 3.63) is 68.9 Å². The molecule has 0 aliphatic carbocycles. The quantitative estimate of drug-likeness (QED) is 0.414. The number of nitro benzene ring substituents is 2. The molecule has 3 rings (SSSR count). The topological polar surface area (TPSA) is 159 Å². The number of hydrogen-bond acceptors (Lipinski definition) is 8. The molecule has 0 aliphatic rings. The Kier molecular flexibility index (Phi) is 4.00. The zero-order valence-corrected chi connectivity index (χ0v) is 13.7. The highest BCUT2D eigenvalue weighted by molar-refractivity contribution is 7.91. The lowest BCUT2D eigenvalue weighted by molar-refractivity contribution is -0.386. The number of nitrogens with zero attached hydrogens (tertiary/aromatic N) is 3. The van der Waals surface area contributed by atoms with Gasteiger partial charge in [-0.25, -0.2) is 8.42 Å². The molecular formula is C15H10N4O6S. The zero-order chi connectivity index (χ0) is 19.1. The van der Waals surface area contributed by atoms with E-state index in [0.717, 1.165) is 30.3 Å². The normalized spacial score (nSPS) is 11.4. The van der Waals surface area contributed by atoms with Crippen LogP contribution in [0.4, 0.5) is 17.1 Å². The summed E-state index contributed by atoms with van der Waals surface area (Å²) in [6.45, 7) is 0. The molecule has 132 valence electrons. The molecule has 0 saturated carbocycles. The number of sulfone groups is 1. The van der Waals surface area contributed by atoms with Crippen LogP contribution in [-0.4, -0.2) is 23.2 Å². The van der Waals surface area contributed by atoms with Gasteiger partial charge in [0.2, 0.25) is 9.84 Å². The summed E-state index contributed by atoms with van der Waals surface area (Å²) in [5.41, 5.74) is 4.95. The molecule has 0 aliphatic heterocycles. The zero-order valence-electron chi connectivity index (χ0n) is 12.9. The van der Waals surface area contributed by atoms with Crippen LogP contribution >= 0.6 is 0 Å². The number of nitrogens with two attached hydrogens (primary N) is 1. The van der Waals surface area contributed by atoms with E-state index in [2.05, 4.69) is 4.98 Å². The summed E-state index contributed by atoms with van der Waals surface area (Å²) >= 11 is 0. The van der Waals surface area contributed by atoms with Gasteiger partial charge < -0.3 is 5.73 Å². The maximum Gasteiger partial charge on any atom is 0.297 e. The van der Waals surface area contributed by atoms with Crippen molar-refractivity contribution >= 4 is 37.8 Å². The van der Waals surface area contributed by atoms with Gasteiger partial charge in [0.15, 0.2) is 4.90 Å². The maximum atomic E-state index is 12.9. The third-order valence-corrected chi connectivity index (χ3v) is 5.47. The minimum Gasteiger partial charge on any atom is -0.397 e. The Bertz CT molecular complexity index is 1160. The van der Waals surface area contributed by atoms with Gasteiger partial charge in [0.25, 0.3) is 11.4 Å². The number of pyridine rings is 1. The highest BCUT2D eigenvalue weighted by Gasteiger charge is 2.31. The summed E-state index contributed by atoms with van der Waals surface area (Å²) in [7, 11) is -4.34. The van der Waals surface area contributed by atoms with Crippen LogP contribution < -0.4 is 5.73 Å². The standard InChI is InChI=1S/C15H10N4O6S/c16-12-8-13(15(19(22)23)11-2-1-7-17-14(11)12)26(24,25)10-5-3-9(4-6-10)18(20)21/h1-8H,16H2. The second-order valence-electron chi connectivity index (χ2n) is 5.22. The van der Waals surface area contributed by atoms with E-state index in [-0.39, 0.29) is 27.2 Å². The van der Waals surface area contributed by atoms with Crippen LogP contribution in [0.3, 0.4) is 0 Å². The van der Waals surface area contributed by atoms with E-state index in [4.69, 9.17) is 5.73 Å². The van der Waals surface area contributed by atoms with Gasteiger partial charge >= 0.3 is 0 Å². The Hall–Kier alpha value is -3.60. The summed E-state index contributed by atoms with van der Waals surface area (Å²) in [4.78, 5) is 23.8. The van der Waals surface area contributed by atoms with E-state index in [0.29, 0.717) is 0 Å². The molecule has 1 aromatic heterocycles. The third-order valence-electron chi connectivity index (χ3n) is 3.69.